The molecule has 0 unspecified atom stereocenters. The molecule has 0 bridgehead atoms. The standard InChI is InChI=1S/C23H27FN4O5/c1-23(2,3)33-22(30)27-9-7-16(8-10-27)32-18-6-5-15(24)11-17(18)28-13-14(12-25)19(26)20(28)21(29)31-4/h5-6,11,13,16H,7-10,26H2,1-4H3. The van der Waals surface area contributed by atoms with Gasteiger partial charge in [0.05, 0.1) is 24.0 Å². The maximum absolute atomic E-state index is 14.2. The Morgan fingerprint density at radius 1 is 1.24 bits per heavy atom. The highest BCUT2D eigenvalue weighted by atomic mass is 19.1. The minimum absolute atomic E-state index is 0.0521. The fourth-order valence-electron chi connectivity index (χ4n) is 3.55. The molecular formula is C23H27FN4O5. The third kappa shape index (κ3) is 5.37. The topological polar surface area (TPSA) is 120 Å². The van der Waals surface area contributed by atoms with Gasteiger partial charge in [-0.2, -0.15) is 5.26 Å². The zero-order valence-electron chi connectivity index (χ0n) is 19.1. The molecule has 0 spiro atoms. The Kier molecular flexibility index (Phi) is 6.81. The van der Waals surface area contributed by atoms with E-state index in [9.17, 15) is 19.2 Å². The van der Waals surface area contributed by atoms with Crippen molar-refractivity contribution in [1.82, 2.24) is 9.47 Å². The first-order valence-electron chi connectivity index (χ1n) is 10.5. The molecule has 33 heavy (non-hydrogen) atoms. The zero-order chi connectivity index (χ0) is 24.3. The number of nitrogens with two attached hydrogens (primary N) is 1. The Labute approximate surface area is 191 Å². The van der Waals surface area contributed by atoms with Crippen LogP contribution < -0.4 is 10.5 Å². The number of aromatic nitrogens is 1. The van der Waals surface area contributed by atoms with Crippen LogP contribution in [0.15, 0.2) is 24.4 Å². The molecule has 0 radical (unpaired) electrons. The van der Waals surface area contributed by atoms with Crippen molar-refractivity contribution < 1.29 is 28.2 Å². The summed E-state index contributed by atoms with van der Waals surface area (Å²) in [5.74, 6) is -1.02. The van der Waals surface area contributed by atoms with Crippen molar-refractivity contribution in [2.45, 2.75) is 45.3 Å². The monoisotopic (exact) mass is 458 g/mol. The van der Waals surface area contributed by atoms with Gasteiger partial charge in [0.15, 0.2) is 5.69 Å². The minimum atomic E-state index is -0.769. The van der Waals surface area contributed by atoms with Gasteiger partial charge in [-0.25, -0.2) is 14.0 Å². The third-order valence-corrected chi connectivity index (χ3v) is 5.11. The van der Waals surface area contributed by atoms with Crippen molar-refractivity contribution >= 4 is 17.7 Å². The second-order valence-corrected chi connectivity index (χ2v) is 8.68. The molecular weight excluding hydrogens is 431 g/mol. The summed E-state index contributed by atoms with van der Waals surface area (Å²) in [6, 6.07) is 5.80. The Morgan fingerprint density at radius 3 is 2.48 bits per heavy atom. The van der Waals surface area contributed by atoms with Gasteiger partial charge < -0.3 is 29.4 Å². The number of hydrogen-bond acceptors (Lipinski definition) is 7. The number of halogens is 1. The summed E-state index contributed by atoms with van der Waals surface area (Å²) in [7, 11) is 1.19. The summed E-state index contributed by atoms with van der Waals surface area (Å²) in [5, 5.41) is 9.34. The van der Waals surface area contributed by atoms with Crippen molar-refractivity contribution in [3.63, 3.8) is 0 Å². The first kappa shape index (κ1) is 23.9. The summed E-state index contributed by atoms with van der Waals surface area (Å²) < 4.78 is 31.8. The van der Waals surface area contributed by atoms with Crippen LogP contribution >= 0.6 is 0 Å². The Hall–Kier alpha value is -3.74. The number of nitrogen functional groups attached to an aromatic ring is 1. The largest absolute Gasteiger partial charge is 0.488 e. The molecule has 1 saturated heterocycles. The van der Waals surface area contributed by atoms with Gasteiger partial charge in [-0.15, -0.1) is 0 Å². The lowest BCUT2D eigenvalue weighted by molar-refractivity contribution is 0.0126. The Balaban J connectivity index is 1.84. The maximum Gasteiger partial charge on any atom is 0.410 e. The van der Waals surface area contributed by atoms with E-state index in [0.29, 0.717) is 31.7 Å². The second kappa shape index (κ2) is 9.40. The molecule has 2 N–H and O–H groups in total. The van der Waals surface area contributed by atoms with E-state index >= 15 is 0 Å². The number of methoxy groups -OCH3 is 1. The maximum atomic E-state index is 14.2. The number of anilines is 1. The lowest BCUT2D eigenvalue weighted by Crippen LogP contribution is -2.44. The van der Waals surface area contributed by atoms with Gasteiger partial charge in [0, 0.05) is 38.2 Å². The van der Waals surface area contributed by atoms with Crippen LogP contribution in [0.1, 0.15) is 49.7 Å². The van der Waals surface area contributed by atoms with E-state index in [4.69, 9.17) is 19.9 Å². The van der Waals surface area contributed by atoms with Crippen LogP contribution in [0.2, 0.25) is 0 Å². The number of esters is 1. The number of piperidine rings is 1. The van der Waals surface area contributed by atoms with E-state index in [-0.39, 0.29) is 34.8 Å². The number of hydrogen-bond donors (Lipinski definition) is 1. The van der Waals surface area contributed by atoms with E-state index < -0.39 is 17.4 Å². The average Bonchev–Trinajstić information content (AvgIpc) is 3.09. The van der Waals surface area contributed by atoms with Crippen LogP contribution in [0.5, 0.6) is 5.75 Å². The smallest absolute Gasteiger partial charge is 0.410 e. The summed E-state index contributed by atoms with van der Waals surface area (Å²) in [6.45, 7) is 6.32. The lowest BCUT2D eigenvalue weighted by atomic mass is 10.1. The molecule has 0 atom stereocenters. The molecule has 1 fully saturated rings. The number of benzene rings is 1. The van der Waals surface area contributed by atoms with Crippen LogP contribution in [0.3, 0.4) is 0 Å². The van der Waals surface area contributed by atoms with Crippen LogP contribution in [0.25, 0.3) is 5.69 Å². The van der Waals surface area contributed by atoms with Crippen molar-refractivity contribution in [1.29, 1.82) is 5.26 Å². The molecule has 1 aromatic heterocycles. The van der Waals surface area contributed by atoms with Gasteiger partial charge in [-0.3, -0.25) is 0 Å². The van der Waals surface area contributed by atoms with Crippen molar-refractivity contribution in [3.05, 3.63) is 41.5 Å². The molecule has 0 saturated carbocycles. The SMILES string of the molecule is COC(=O)c1c(N)c(C#N)cn1-c1cc(F)ccc1OC1CCN(C(=O)OC(C)(C)C)CC1. The molecule has 9 nitrogen and oxygen atoms in total. The van der Waals surface area contributed by atoms with Crippen LogP contribution in [0.4, 0.5) is 14.9 Å². The molecule has 1 aliphatic rings. The highest BCUT2D eigenvalue weighted by Gasteiger charge is 2.29. The number of rotatable bonds is 4. The third-order valence-electron chi connectivity index (χ3n) is 5.11. The lowest BCUT2D eigenvalue weighted by Gasteiger charge is -2.33. The fraction of sp³-hybridized carbons (Fsp3) is 0.435. The number of carbonyl (C=O) groups is 2. The number of ether oxygens (including phenoxy) is 3. The van der Waals surface area contributed by atoms with Crippen molar-refractivity contribution in [2.75, 3.05) is 25.9 Å². The molecule has 0 aliphatic carbocycles. The summed E-state index contributed by atoms with van der Waals surface area (Å²) in [4.78, 5) is 26.2. The number of likely N-dealkylation sites (tertiary alicyclic amines) is 1. The number of nitriles is 1. The van der Waals surface area contributed by atoms with Crippen LogP contribution in [-0.4, -0.2) is 53.4 Å². The highest BCUT2D eigenvalue weighted by Crippen LogP contribution is 2.32. The Bertz CT molecular complexity index is 1090. The molecule has 10 heteroatoms. The van der Waals surface area contributed by atoms with E-state index in [1.807, 2.05) is 26.8 Å². The van der Waals surface area contributed by atoms with Crippen molar-refractivity contribution in [3.8, 4) is 17.5 Å². The second-order valence-electron chi connectivity index (χ2n) is 8.68. The molecule has 176 valence electrons. The number of nitrogens with zero attached hydrogens (tertiary/aromatic N) is 3. The Morgan fingerprint density at radius 2 is 1.91 bits per heavy atom. The summed E-state index contributed by atoms with van der Waals surface area (Å²) >= 11 is 0. The zero-order valence-corrected chi connectivity index (χ0v) is 19.1. The summed E-state index contributed by atoms with van der Waals surface area (Å²) in [6.07, 6.45) is 1.79. The van der Waals surface area contributed by atoms with Crippen molar-refractivity contribution in [2.24, 2.45) is 0 Å². The predicted molar refractivity (Wildman–Crippen MR) is 118 cm³/mol. The number of carbonyl (C=O) groups excluding carboxylic acids is 2. The van der Waals surface area contributed by atoms with E-state index in [0.717, 1.165) is 0 Å². The molecule has 2 heterocycles. The highest BCUT2D eigenvalue weighted by molar-refractivity contribution is 5.96. The first-order valence-corrected chi connectivity index (χ1v) is 10.5. The van der Waals surface area contributed by atoms with E-state index in [1.165, 1.54) is 36.1 Å². The van der Waals surface area contributed by atoms with Gasteiger partial charge in [0.1, 0.15) is 29.3 Å². The van der Waals surface area contributed by atoms with Gasteiger partial charge in [0.25, 0.3) is 0 Å². The molecule has 1 aliphatic heterocycles. The predicted octanol–water partition coefficient (Wildman–Crippen LogP) is 3.64. The summed E-state index contributed by atoms with van der Waals surface area (Å²) in [5.41, 5.74) is 5.48. The molecule has 1 aromatic carbocycles. The van der Waals surface area contributed by atoms with Crippen LogP contribution in [0, 0.1) is 17.1 Å². The van der Waals surface area contributed by atoms with E-state index in [1.54, 1.807) is 4.90 Å². The normalized spacial score (nSPS) is 14.5. The molecule has 2 aromatic rings. The fourth-order valence-corrected chi connectivity index (χ4v) is 3.55. The van der Waals surface area contributed by atoms with Gasteiger partial charge >= 0.3 is 12.1 Å². The van der Waals surface area contributed by atoms with Gasteiger partial charge in [-0.05, 0) is 32.9 Å². The average molecular weight is 458 g/mol. The molecule has 1 amide bonds. The van der Waals surface area contributed by atoms with Gasteiger partial charge in [-0.1, -0.05) is 0 Å². The van der Waals surface area contributed by atoms with Gasteiger partial charge in [0.2, 0.25) is 0 Å². The quantitative estimate of drug-likeness (QED) is 0.695. The molecule has 3 rings (SSSR count). The van der Waals surface area contributed by atoms with Crippen LogP contribution in [-0.2, 0) is 9.47 Å². The first-order chi connectivity index (χ1) is 15.5. The van der Waals surface area contributed by atoms with E-state index in [2.05, 4.69) is 0 Å². The minimum Gasteiger partial charge on any atom is -0.488 e. The number of amides is 1.